The van der Waals surface area contributed by atoms with Gasteiger partial charge in [-0.05, 0) is 37.5 Å². The van der Waals surface area contributed by atoms with Crippen LogP contribution in [0.1, 0.15) is 46.5 Å². The standard InChI is InChI=1S/C13H24N2OS/c1-8(2)11(12(14)17)15-13(16)10-6-4-9(3)5-7-10/h8-11H,4-7H2,1-3H3,(H2,14,17)(H,15,16). The minimum absolute atomic E-state index is 0.128. The second-order valence-electron chi connectivity index (χ2n) is 5.59. The van der Waals surface area contributed by atoms with Crippen molar-refractivity contribution in [3.8, 4) is 0 Å². The Morgan fingerprint density at radius 1 is 1.29 bits per heavy atom. The van der Waals surface area contributed by atoms with Gasteiger partial charge in [0.15, 0.2) is 0 Å². The number of nitrogens with one attached hydrogen (secondary N) is 1. The highest BCUT2D eigenvalue weighted by Crippen LogP contribution is 2.28. The second kappa shape index (κ2) is 6.34. The molecule has 3 nitrogen and oxygen atoms in total. The summed E-state index contributed by atoms with van der Waals surface area (Å²) in [7, 11) is 0. The zero-order valence-electron chi connectivity index (χ0n) is 11.0. The smallest absolute Gasteiger partial charge is 0.223 e. The normalized spacial score (nSPS) is 26.6. The van der Waals surface area contributed by atoms with Crippen molar-refractivity contribution in [1.82, 2.24) is 5.32 Å². The Labute approximate surface area is 110 Å². The van der Waals surface area contributed by atoms with Crippen LogP contribution in [0.15, 0.2) is 0 Å². The molecule has 0 aromatic heterocycles. The maximum atomic E-state index is 12.1. The van der Waals surface area contributed by atoms with Crippen molar-refractivity contribution >= 4 is 23.1 Å². The molecule has 0 aliphatic heterocycles. The summed E-state index contributed by atoms with van der Waals surface area (Å²) in [6, 6.07) is -0.170. The molecule has 1 unspecified atom stereocenters. The molecule has 4 heteroatoms. The number of nitrogens with two attached hydrogens (primary N) is 1. The molecule has 0 heterocycles. The number of hydrogen-bond donors (Lipinski definition) is 2. The van der Waals surface area contributed by atoms with E-state index < -0.39 is 0 Å². The van der Waals surface area contributed by atoms with Crippen LogP contribution in [-0.4, -0.2) is 16.9 Å². The van der Waals surface area contributed by atoms with Gasteiger partial charge in [-0.15, -0.1) is 0 Å². The monoisotopic (exact) mass is 256 g/mol. The molecule has 1 fully saturated rings. The number of rotatable bonds is 4. The van der Waals surface area contributed by atoms with E-state index in [4.69, 9.17) is 18.0 Å². The quantitative estimate of drug-likeness (QED) is 0.759. The van der Waals surface area contributed by atoms with Crippen molar-refractivity contribution in [2.45, 2.75) is 52.5 Å². The highest BCUT2D eigenvalue weighted by molar-refractivity contribution is 7.80. The molecule has 1 amide bonds. The highest BCUT2D eigenvalue weighted by Gasteiger charge is 2.27. The Kier molecular flexibility index (Phi) is 5.37. The van der Waals surface area contributed by atoms with E-state index in [2.05, 4.69) is 12.2 Å². The lowest BCUT2D eigenvalue weighted by Gasteiger charge is -2.28. The minimum Gasteiger partial charge on any atom is -0.392 e. The van der Waals surface area contributed by atoms with Gasteiger partial charge in [-0.1, -0.05) is 33.0 Å². The lowest BCUT2D eigenvalue weighted by atomic mass is 9.82. The predicted octanol–water partition coefficient (Wildman–Crippen LogP) is 2.24. The molecule has 1 rings (SSSR count). The Morgan fingerprint density at radius 2 is 1.82 bits per heavy atom. The SMILES string of the molecule is CC1CCC(C(=O)NC(C(N)=S)C(C)C)CC1. The molecule has 98 valence electrons. The molecule has 0 bridgehead atoms. The van der Waals surface area contributed by atoms with Crippen LogP contribution in [0, 0.1) is 17.8 Å². The molecule has 0 saturated heterocycles. The van der Waals surface area contributed by atoms with Gasteiger partial charge in [0, 0.05) is 5.92 Å². The summed E-state index contributed by atoms with van der Waals surface area (Å²) >= 11 is 4.99. The van der Waals surface area contributed by atoms with Crippen molar-refractivity contribution in [1.29, 1.82) is 0 Å². The number of carbonyl (C=O) groups excluding carboxylic acids is 1. The third kappa shape index (κ3) is 4.26. The number of thiocarbonyl (C=S) groups is 1. The third-order valence-electron chi connectivity index (χ3n) is 3.66. The van der Waals surface area contributed by atoms with Gasteiger partial charge in [0.2, 0.25) is 5.91 Å². The van der Waals surface area contributed by atoms with Crippen LogP contribution >= 0.6 is 12.2 Å². The van der Waals surface area contributed by atoms with E-state index in [-0.39, 0.29) is 23.8 Å². The third-order valence-corrected chi connectivity index (χ3v) is 3.91. The zero-order chi connectivity index (χ0) is 13.0. The molecule has 17 heavy (non-hydrogen) atoms. The van der Waals surface area contributed by atoms with Crippen molar-refractivity contribution < 1.29 is 4.79 Å². The van der Waals surface area contributed by atoms with Crippen LogP contribution in [0.25, 0.3) is 0 Å². The molecule has 0 radical (unpaired) electrons. The van der Waals surface area contributed by atoms with Crippen LogP contribution in [0.2, 0.25) is 0 Å². The van der Waals surface area contributed by atoms with Crippen LogP contribution in [-0.2, 0) is 4.79 Å². The van der Waals surface area contributed by atoms with E-state index in [1.165, 1.54) is 0 Å². The summed E-state index contributed by atoms with van der Waals surface area (Å²) in [5, 5.41) is 3.00. The molecule has 0 aromatic rings. The molecule has 0 aromatic carbocycles. The zero-order valence-corrected chi connectivity index (χ0v) is 11.8. The Balaban J connectivity index is 2.50. The van der Waals surface area contributed by atoms with Gasteiger partial charge in [0.1, 0.15) is 0 Å². The van der Waals surface area contributed by atoms with Gasteiger partial charge >= 0.3 is 0 Å². The van der Waals surface area contributed by atoms with E-state index in [1.807, 2.05) is 13.8 Å². The van der Waals surface area contributed by atoms with E-state index in [1.54, 1.807) is 0 Å². The summed E-state index contributed by atoms with van der Waals surface area (Å²) in [4.78, 5) is 12.5. The van der Waals surface area contributed by atoms with Crippen LogP contribution in [0.5, 0.6) is 0 Å². The molecule has 1 aliphatic carbocycles. The number of amides is 1. The lowest BCUT2D eigenvalue weighted by Crippen LogP contribution is -2.49. The highest BCUT2D eigenvalue weighted by atomic mass is 32.1. The van der Waals surface area contributed by atoms with Crippen molar-refractivity contribution in [2.24, 2.45) is 23.5 Å². The average Bonchev–Trinajstić information content (AvgIpc) is 2.25. The fourth-order valence-electron chi connectivity index (χ4n) is 2.36. The van der Waals surface area contributed by atoms with E-state index in [0.29, 0.717) is 4.99 Å². The van der Waals surface area contributed by atoms with Crippen molar-refractivity contribution in [3.63, 3.8) is 0 Å². The molecular formula is C13H24N2OS. The summed E-state index contributed by atoms with van der Waals surface area (Å²) in [5.74, 6) is 1.29. The van der Waals surface area contributed by atoms with Gasteiger partial charge in [0.05, 0.1) is 11.0 Å². The van der Waals surface area contributed by atoms with Crippen LogP contribution in [0.3, 0.4) is 0 Å². The van der Waals surface area contributed by atoms with Gasteiger partial charge < -0.3 is 11.1 Å². The van der Waals surface area contributed by atoms with Crippen molar-refractivity contribution in [3.05, 3.63) is 0 Å². The van der Waals surface area contributed by atoms with Crippen molar-refractivity contribution in [2.75, 3.05) is 0 Å². The summed E-state index contributed by atoms with van der Waals surface area (Å²) < 4.78 is 0. The van der Waals surface area contributed by atoms with Crippen LogP contribution in [0.4, 0.5) is 0 Å². The summed E-state index contributed by atoms with van der Waals surface area (Å²) in [6.07, 6.45) is 4.29. The first-order valence-corrected chi connectivity index (χ1v) is 6.92. The van der Waals surface area contributed by atoms with Gasteiger partial charge in [-0.25, -0.2) is 0 Å². The molecular weight excluding hydrogens is 232 g/mol. The Morgan fingerprint density at radius 3 is 2.24 bits per heavy atom. The van der Waals surface area contributed by atoms with Gasteiger partial charge in [0.25, 0.3) is 0 Å². The second-order valence-corrected chi connectivity index (χ2v) is 6.06. The van der Waals surface area contributed by atoms with E-state index >= 15 is 0 Å². The first-order chi connectivity index (χ1) is 7.91. The average molecular weight is 256 g/mol. The molecule has 1 aliphatic rings. The van der Waals surface area contributed by atoms with Crippen LogP contribution < -0.4 is 11.1 Å². The number of hydrogen-bond acceptors (Lipinski definition) is 2. The van der Waals surface area contributed by atoms with Gasteiger partial charge in [-0.3, -0.25) is 4.79 Å². The largest absolute Gasteiger partial charge is 0.392 e. The predicted molar refractivity (Wildman–Crippen MR) is 74.7 cm³/mol. The lowest BCUT2D eigenvalue weighted by molar-refractivity contribution is -0.126. The number of carbonyl (C=O) groups is 1. The molecule has 1 atom stereocenters. The minimum atomic E-state index is -0.170. The first-order valence-electron chi connectivity index (χ1n) is 6.51. The maximum Gasteiger partial charge on any atom is 0.223 e. The Hall–Kier alpha value is -0.640. The molecule has 1 saturated carbocycles. The maximum absolute atomic E-state index is 12.1. The fourth-order valence-corrected chi connectivity index (χ4v) is 2.69. The summed E-state index contributed by atoms with van der Waals surface area (Å²) in [6.45, 7) is 6.29. The van der Waals surface area contributed by atoms with E-state index in [0.717, 1.165) is 31.6 Å². The molecule has 0 spiro atoms. The molecule has 3 N–H and O–H groups in total. The summed E-state index contributed by atoms with van der Waals surface area (Å²) in [5.41, 5.74) is 5.65. The topological polar surface area (TPSA) is 55.1 Å². The van der Waals surface area contributed by atoms with Gasteiger partial charge in [-0.2, -0.15) is 0 Å². The fraction of sp³-hybridized carbons (Fsp3) is 0.846. The first kappa shape index (κ1) is 14.4. The Bertz CT molecular complexity index is 283. The van der Waals surface area contributed by atoms with E-state index in [9.17, 15) is 4.79 Å².